The maximum atomic E-state index is 13.3. The highest BCUT2D eigenvalue weighted by Gasteiger charge is 2.21. The van der Waals surface area contributed by atoms with Gasteiger partial charge in [0, 0.05) is 5.71 Å². The van der Waals surface area contributed by atoms with E-state index >= 15 is 0 Å². The van der Waals surface area contributed by atoms with Crippen LogP contribution in [0.5, 0.6) is 0 Å². The summed E-state index contributed by atoms with van der Waals surface area (Å²) in [6, 6.07) is 5.12. The number of hydrogen-bond donors (Lipinski definition) is 1. The first-order chi connectivity index (χ1) is 11.4. The van der Waals surface area contributed by atoms with E-state index in [9.17, 15) is 17.6 Å². The molecule has 0 aromatic heterocycles. The van der Waals surface area contributed by atoms with Crippen molar-refractivity contribution in [3.05, 3.63) is 30.1 Å². The highest BCUT2D eigenvalue weighted by atomic mass is 32.2. The van der Waals surface area contributed by atoms with Crippen LogP contribution in [0.25, 0.3) is 0 Å². The number of carbonyl (C=O) groups is 1. The molecular formula is C16H22FN3O3S. The number of nitrogens with zero attached hydrogens (tertiary/aromatic N) is 2. The molecule has 1 amide bonds. The molecule has 6 nitrogen and oxygen atoms in total. The van der Waals surface area contributed by atoms with Crippen molar-refractivity contribution in [2.45, 2.75) is 38.5 Å². The molecule has 0 heterocycles. The lowest BCUT2D eigenvalue weighted by atomic mass is 10.2. The molecule has 1 N–H and O–H groups in total. The smallest absolute Gasteiger partial charge is 0.260 e. The van der Waals surface area contributed by atoms with Crippen molar-refractivity contribution in [1.29, 1.82) is 0 Å². The first-order valence-electron chi connectivity index (χ1n) is 7.94. The summed E-state index contributed by atoms with van der Waals surface area (Å²) in [6.45, 7) is -0.445. The van der Waals surface area contributed by atoms with Crippen LogP contribution < -0.4 is 9.73 Å². The Hall–Kier alpha value is -1.96. The van der Waals surface area contributed by atoms with Gasteiger partial charge < -0.3 is 0 Å². The number of carbonyl (C=O) groups excluding carboxylic acids is 1. The topological polar surface area (TPSA) is 78.8 Å². The van der Waals surface area contributed by atoms with E-state index < -0.39 is 28.3 Å². The molecule has 0 atom stereocenters. The van der Waals surface area contributed by atoms with Gasteiger partial charge in [-0.2, -0.15) is 5.10 Å². The number of sulfonamides is 1. The Bertz CT molecular complexity index is 709. The molecule has 24 heavy (non-hydrogen) atoms. The first-order valence-corrected chi connectivity index (χ1v) is 9.78. The molecule has 1 aromatic carbocycles. The molecule has 0 spiro atoms. The fourth-order valence-corrected chi connectivity index (χ4v) is 3.44. The third-order valence-corrected chi connectivity index (χ3v) is 4.94. The second-order valence-corrected chi connectivity index (χ2v) is 7.78. The molecule has 1 aliphatic carbocycles. The van der Waals surface area contributed by atoms with Gasteiger partial charge in [0.25, 0.3) is 5.91 Å². The third-order valence-electron chi connectivity index (χ3n) is 3.80. The van der Waals surface area contributed by atoms with Crippen LogP contribution in [0.1, 0.15) is 38.5 Å². The van der Waals surface area contributed by atoms with Gasteiger partial charge in [0.05, 0.1) is 11.9 Å². The fraction of sp³-hybridized carbons (Fsp3) is 0.500. The lowest BCUT2D eigenvalue weighted by molar-refractivity contribution is -0.119. The van der Waals surface area contributed by atoms with Crippen molar-refractivity contribution >= 4 is 27.3 Å². The van der Waals surface area contributed by atoms with E-state index in [0.29, 0.717) is 0 Å². The lowest BCUT2D eigenvalue weighted by Gasteiger charge is -2.21. The summed E-state index contributed by atoms with van der Waals surface area (Å²) in [4.78, 5) is 12.1. The average Bonchev–Trinajstić information content (AvgIpc) is 2.78. The minimum absolute atomic E-state index is 0.106. The summed E-state index contributed by atoms with van der Waals surface area (Å²) < 4.78 is 38.0. The van der Waals surface area contributed by atoms with Gasteiger partial charge in [-0.05, 0) is 43.9 Å². The molecule has 2 rings (SSSR count). The minimum atomic E-state index is -3.72. The second kappa shape index (κ2) is 8.23. The van der Waals surface area contributed by atoms with Gasteiger partial charge in [-0.15, -0.1) is 0 Å². The zero-order valence-electron chi connectivity index (χ0n) is 13.7. The van der Waals surface area contributed by atoms with Crippen molar-refractivity contribution in [3.63, 3.8) is 0 Å². The lowest BCUT2D eigenvalue weighted by Crippen LogP contribution is -2.39. The van der Waals surface area contributed by atoms with E-state index in [4.69, 9.17) is 0 Å². The molecule has 0 saturated heterocycles. The Morgan fingerprint density at radius 2 is 1.92 bits per heavy atom. The summed E-state index contributed by atoms with van der Waals surface area (Å²) in [7, 11) is -3.72. The molecule has 1 fully saturated rings. The summed E-state index contributed by atoms with van der Waals surface area (Å²) in [6.07, 6.45) is 7.09. The van der Waals surface area contributed by atoms with E-state index in [0.717, 1.165) is 60.9 Å². The molecule has 0 unspecified atom stereocenters. The number of rotatable bonds is 5. The van der Waals surface area contributed by atoms with Crippen LogP contribution in [-0.4, -0.2) is 32.8 Å². The molecule has 0 aliphatic heterocycles. The van der Waals surface area contributed by atoms with Crippen molar-refractivity contribution in [1.82, 2.24) is 5.43 Å². The Labute approximate surface area is 141 Å². The van der Waals surface area contributed by atoms with E-state index in [1.165, 1.54) is 18.2 Å². The van der Waals surface area contributed by atoms with Gasteiger partial charge in [-0.3, -0.25) is 9.10 Å². The number of nitrogens with one attached hydrogen (secondary N) is 1. The predicted octanol–water partition coefficient (Wildman–Crippen LogP) is 2.42. The maximum Gasteiger partial charge on any atom is 0.260 e. The summed E-state index contributed by atoms with van der Waals surface area (Å²) in [5.74, 6) is -1.12. The standard InChI is InChI=1S/C16H22FN3O3S/c1-24(22,23)20(15-10-6-7-13(17)11-15)12-16(21)19-18-14-8-4-2-3-5-9-14/h6-7,10-11H,2-5,8-9,12H2,1H3,(H,19,21). The maximum absolute atomic E-state index is 13.3. The van der Waals surface area contributed by atoms with Gasteiger partial charge in [0.1, 0.15) is 12.4 Å². The van der Waals surface area contributed by atoms with E-state index in [-0.39, 0.29) is 5.69 Å². The van der Waals surface area contributed by atoms with Crippen LogP contribution in [0, 0.1) is 5.82 Å². The summed E-state index contributed by atoms with van der Waals surface area (Å²) in [5, 5.41) is 4.11. The van der Waals surface area contributed by atoms with Crippen LogP contribution in [0.3, 0.4) is 0 Å². The highest BCUT2D eigenvalue weighted by molar-refractivity contribution is 7.92. The molecule has 8 heteroatoms. The highest BCUT2D eigenvalue weighted by Crippen LogP contribution is 2.18. The Balaban J connectivity index is 2.06. The number of anilines is 1. The number of amides is 1. The number of benzene rings is 1. The Morgan fingerprint density at radius 3 is 2.50 bits per heavy atom. The van der Waals surface area contributed by atoms with Crippen LogP contribution in [-0.2, 0) is 14.8 Å². The molecule has 0 radical (unpaired) electrons. The summed E-state index contributed by atoms with van der Waals surface area (Å²) >= 11 is 0. The van der Waals surface area contributed by atoms with Crippen LogP contribution in [0.15, 0.2) is 29.4 Å². The van der Waals surface area contributed by atoms with E-state index in [1.807, 2.05) is 0 Å². The Morgan fingerprint density at radius 1 is 1.25 bits per heavy atom. The monoisotopic (exact) mass is 355 g/mol. The Kier molecular flexibility index (Phi) is 6.30. The number of hydrogen-bond acceptors (Lipinski definition) is 4. The third kappa shape index (κ3) is 5.59. The van der Waals surface area contributed by atoms with Crippen LogP contribution >= 0.6 is 0 Å². The predicted molar refractivity (Wildman–Crippen MR) is 91.9 cm³/mol. The van der Waals surface area contributed by atoms with Gasteiger partial charge in [0.2, 0.25) is 10.0 Å². The van der Waals surface area contributed by atoms with Gasteiger partial charge in [0.15, 0.2) is 0 Å². The van der Waals surface area contributed by atoms with Gasteiger partial charge in [-0.25, -0.2) is 18.2 Å². The second-order valence-electron chi connectivity index (χ2n) is 5.88. The van der Waals surface area contributed by atoms with Gasteiger partial charge >= 0.3 is 0 Å². The van der Waals surface area contributed by atoms with E-state index in [2.05, 4.69) is 10.5 Å². The number of hydrazone groups is 1. The van der Waals surface area contributed by atoms with Crippen molar-refractivity contribution in [3.8, 4) is 0 Å². The molecule has 1 aromatic rings. The van der Waals surface area contributed by atoms with Gasteiger partial charge in [-0.1, -0.05) is 18.9 Å². The molecular weight excluding hydrogens is 333 g/mol. The van der Waals surface area contributed by atoms with Crippen molar-refractivity contribution in [2.75, 3.05) is 17.1 Å². The van der Waals surface area contributed by atoms with Crippen molar-refractivity contribution < 1.29 is 17.6 Å². The normalized spacial score (nSPS) is 15.5. The summed E-state index contributed by atoms with van der Waals surface area (Å²) in [5.41, 5.74) is 3.45. The largest absolute Gasteiger partial charge is 0.271 e. The van der Waals surface area contributed by atoms with Crippen molar-refractivity contribution in [2.24, 2.45) is 5.10 Å². The molecule has 1 saturated carbocycles. The number of halogens is 1. The molecule has 1 aliphatic rings. The SMILES string of the molecule is CS(=O)(=O)N(CC(=O)NN=C1CCCCCC1)c1cccc(F)c1. The average molecular weight is 355 g/mol. The first kappa shape index (κ1) is 18.4. The molecule has 132 valence electrons. The molecule has 0 bridgehead atoms. The quantitative estimate of drug-likeness (QED) is 0.651. The van der Waals surface area contributed by atoms with Crippen LogP contribution in [0.2, 0.25) is 0 Å². The fourth-order valence-electron chi connectivity index (χ4n) is 2.59. The van der Waals surface area contributed by atoms with Crippen LogP contribution in [0.4, 0.5) is 10.1 Å². The zero-order chi connectivity index (χ0) is 17.6. The van der Waals surface area contributed by atoms with E-state index in [1.54, 1.807) is 0 Å². The minimum Gasteiger partial charge on any atom is -0.271 e. The zero-order valence-corrected chi connectivity index (χ0v) is 14.5.